The summed E-state index contributed by atoms with van der Waals surface area (Å²) in [6.45, 7) is 0.755. The fourth-order valence-electron chi connectivity index (χ4n) is 1.84. The lowest BCUT2D eigenvalue weighted by atomic mass is 10.0. The van der Waals surface area contributed by atoms with Crippen LogP contribution in [0.2, 0.25) is 0 Å². The number of carbonyl (C=O) groups is 1. The van der Waals surface area contributed by atoms with Gasteiger partial charge in [-0.25, -0.2) is 4.39 Å². The van der Waals surface area contributed by atoms with E-state index in [0.717, 1.165) is 13.0 Å². The van der Waals surface area contributed by atoms with Crippen molar-refractivity contribution < 1.29 is 9.18 Å². The minimum absolute atomic E-state index is 0.0209. The Bertz CT molecular complexity index is 520. The summed E-state index contributed by atoms with van der Waals surface area (Å²) < 4.78 is 13.5. The Balaban J connectivity index is 2.41. The van der Waals surface area contributed by atoms with Crippen LogP contribution in [0.25, 0.3) is 0 Å². The average molecular weight is 230 g/mol. The molecule has 1 aliphatic rings. The van der Waals surface area contributed by atoms with Gasteiger partial charge in [0.15, 0.2) is 0 Å². The molecule has 0 saturated carbocycles. The van der Waals surface area contributed by atoms with Gasteiger partial charge >= 0.3 is 0 Å². The van der Waals surface area contributed by atoms with Crippen molar-refractivity contribution >= 4 is 5.78 Å². The van der Waals surface area contributed by atoms with Crippen molar-refractivity contribution in [3.8, 4) is 6.07 Å². The first-order valence-electron chi connectivity index (χ1n) is 5.40. The Morgan fingerprint density at radius 2 is 2.18 bits per heavy atom. The van der Waals surface area contributed by atoms with Gasteiger partial charge in [-0.15, -0.1) is 0 Å². The lowest BCUT2D eigenvalue weighted by Crippen LogP contribution is -2.13. The highest BCUT2D eigenvalue weighted by molar-refractivity contribution is 6.11. The van der Waals surface area contributed by atoms with Gasteiger partial charge in [-0.3, -0.25) is 4.79 Å². The van der Waals surface area contributed by atoms with Crippen molar-refractivity contribution in [1.82, 2.24) is 5.32 Å². The Hall–Kier alpha value is -2.15. The van der Waals surface area contributed by atoms with Crippen LogP contribution in [-0.2, 0) is 0 Å². The van der Waals surface area contributed by atoms with E-state index >= 15 is 0 Å². The molecule has 17 heavy (non-hydrogen) atoms. The zero-order valence-corrected chi connectivity index (χ0v) is 9.16. The van der Waals surface area contributed by atoms with Crippen molar-refractivity contribution in [2.24, 2.45) is 0 Å². The molecule has 3 nitrogen and oxygen atoms in total. The van der Waals surface area contributed by atoms with E-state index in [9.17, 15) is 9.18 Å². The molecule has 1 aromatic carbocycles. The second kappa shape index (κ2) is 4.79. The number of ketones is 1. The lowest BCUT2D eigenvalue weighted by molar-refractivity contribution is 0.103. The van der Waals surface area contributed by atoms with E-state index in [0.29, 0.717) is 12.1 Å². The fourth-order valence-corrected chi connectivity index (χ4v) is 1.84. The second-order valence-electron chi connectivity index (χ2n) is 3.80. The molecule has 0 unspecified atom stereocenters. The number of nitrogens with one attached hydrogen (secondary N) is 1. The summed E-state index contributed by atoms with van der Waals surface area (Å²) in [4.78, 5) is 12.0. The number of hydrogen-bond donors (Lipinski definition) is 1. The van der Waals surface area contributed by atoms with Crippen LogP contribution in [0, 0.1) is 17.1 Å². The summed E-state index contributed by atoms with van der Waals surface area (Å²) in [5.41, 5.74) is 0.596. The molecule has 1 N–H and O–H groups in total. The summed E-state index contributed by atoms with van der Waals surface area (Å²) in [6.07, 6.45) is 1.56. The molecule has 0 spiro atoms. The SMILES string of the molecule is N#C/C(C(=O)c1ccccc1F)=C1/CCCN1. The second-order valence-corrected chi connectivity index (χ2v) is 3.80. The maximum atomic E-state index is 13.5. The number of Topliss-reactive ketones (excluding diaryl/α,β-unsaturated/α-hetero) is 1. The van der Waals surface area contributed by atoms with Gasteiger partial charge < -0.3 is 5.32 Å². The summed E-state index contributed by atoms with van der Waals surface area (Å²) in [7, 11) is 0. The van der Waals surface area contributed by atoms with Crippen LogP contribution < -0.4 is 5.32 Å². The van der Waals surface area contributed by atoms with Gasteiger partial charge in [0.25, 0.3) is 0 Å². The van der Waals surface area contributed by atoms with Crippen molar-refractivity contribution in [3.05, 3.63) is 46.9 Å². The number of nitrogens with zero attached hydrogens (tertiary/aromatic N) is 1. The molecule has 1 fully saturated rings. The largest absolute Gasteiger partial charge is 0.387 e. The van der Waals surface area contributed by atoms with Crippen molar-refractivity contribution in [3.63, 3.8) is 0 Å². The number of carbonyl (C=O) groups excluding carboxylic acids is 1. The van der Waals surface area contributed by atoms with Crippen LogP contribution in [0.4, 0.5) is 4.39 Å². The van der Waals surface area contributed by atoms with E-state index in [1.54, 1.807) is 6.07 Å². The number of halogens is 1. The van der Waals surface area contributed by atoms with Crippen LogP contribution in [0.1, 0.15) is 23.2 Å². The molecule has 1 aliphatic heterocycles. The molecule has 86 valence electrons. The smallest absolute Gasteiger partial charge is 0.208 e. The van der Waals surface area contributed by atoms with Gasteiger partial charge in [0, 0.05) is 12.2 Å². The third-order valence-electron chi connectivity index (χ3n) is 2.70. The van der Waals surface area contributed by atoms with Gasteiger partial charge in [-0.05, 0) is 25.0 Å². The third-order valence-corrected chi connectivity index (χ3v) is 2.70. The minimum atomic E-state index is -0.594. The Morgan fingerprint density at radius 3 is 2.76 bits per heavy atom. The molecule has 1 aromatic rings. The number of benzene rings is 1. The van der Waals surface area contributed by atoms with Crippen molar-refractivity contribution in [2.45, 2.75) is 12.8 Å². The molecule has 0 aromatic heterocycles. The van der Waals surface area contributed by atoms with Gasteiger partial charge in [0.2, 0.25) is 5.78 Å². The first-order valence-corrected chi connectivity index (χ1v) is 5.40. The first kappa shape index (κ1) is 11.3. The van der Waals surface area contributed by atoms with Crippen LogP contribution in [-0.4, -0.2) is 12.3 Å². The van der Waals surface area contributed by atoms with E-state index in [1.807, 2.05) is 6.07 Å². The maximum Gasteiger partial charge on any atom is 0.208 e. The highest BCUT2D eigenvalue weighted by Crippen LogP contribution is 2.19. The van der Waals surface area contributed by atoms with Crippen LogP contribution in [0.3, 0.4) is 0 Å². The standard InChI is InChI=1S/C13H11FN2O/c14-11-5-2-1-4-9(11)13(17)10(8-15)12-6-3-7-16-12/h1-2,4-5,16H,3,6-7H2/b12-10+. The monoisotopic (exact) mass is 230 g/mol. The van der Waals surface area contributed by atoms with E-state index in [2.05, 4.69) is 5.32 Å². The molecule has 1 saturated heterocycles. The first-order chi connectivity index (χ1) is 8.24. The van der Waals surface area contributed by atoms with Gasteiger partial charge in [0.1, 0.15) is 17.5 Å². The lowest BCUT2D eigenvalue weighted by Gasteiger charge is -2.04. The van der Waals surface area contributed by atoms with Crippen LogP contribution in [0.15, 0.2) is 35.5 Å². The zero-order chi connectivity index (χ0) is 12.3. The molecular formula is C13H11FN2O. The van der Waals surface area contributed by atoms with Crippen LogP contribution in [0.5, 0.6) is 0 Å². The van der Waals surface area contributed by atoms with Crippen LogP contribution >= 0.6 is 0 Å². The van der Waals surface area contributed by atoms with E-state index in [4.69, 9.17) is 5.26 Å². The average Bonchev–Trinajstić information content (AvgIpc) is 2.84. The van der Waals surface area contributed by atoms with Crippen molar-refractivity contribution in [1.29, 1.82) is 5.26 Å². The molecule has 0 atom stereocenters. The topological polar surface area (TPSA) is 52.9 Å². The molecular weight excluding hydrogens is 219 g/mol. The third kappa shape index (κ3) is 2.18. The predicted molar refractivity (Wildman–Crippen MR) is 60.6 cm³/mol. The number of rotatable bonds is 2. The highest BCUT2D eigenvalue weighted by Gasteiger charge is 2.21. The van der Waals surface area contributed by atoms with Gasteiger partial charge in [-0.1, -0.05) is 12.1 Å². The quantitative estimate of drug-likeness (QED) is 0.481. The molecule has 0 bridgehead atoms. The summed E-state index contributed by atoms with van der Waals surface area (Å²) >= 11 is 0. The Morgan fingerprint density at radius 1 is 1.41 bits per heavy atom. The van der Waals surface area contributed by atoms with E-state index < -0.39 is 11.6 Å². The molecule has 0 radical (unpaired) electrons. The van der Waals surface area contributed by atoms with Crippen molar-refractivity contribution in [2.75, 3.05) is 6.54 Å². The number of hydrogen-bond acceptors (Lipinski definition) is 3. The summed E-state index contributed by atoms with van der Waals surface area (Å²) in [5.74, 6) is -1.14. The highest BCUT2D eigenvalue weighted by atomic mass is 19.1. The summed E-state index contributed by atoms with van der Waals surface area (Å²) in [5, 5.41) is 12.0. The molecule has 1 heterocycles. The molecule has 0 amide bonds. The van der Waals surface area contributed by atoms with E-state index in [1.165, 1.54) is 18.2 Å². The van der Waals surface area contributed by atoms with Gasteiger partial charge in [-0.2, -0.15) is 5.26 Å². The predicted octanol–water partition coefficient (Wildman–Crippen LogP) is 2.17. The number of nitriles is 1. The maximum absolute atomic E-state index is 13.5. The number of allylic oxidation sites excluding steroid dienone is 2. The van der Waals surface area contributed by atoms with E-state index in [-0.39, 0.29) is 11.1 Å². The molecule has 0 aliphatic carbocycles. The Kier molecular flexibility index (Phi) is 3.20. The minimum Gasteiger partial charge on any atom is -0.387 e. The molecule has 2 rings (SSSR count). The fraction of sp³-hybridized carbons (Fsp3) is 0.231. The van der Waals surface area contributed by atoms with Gasteiger partial charge in [0.05, 0.1) is 5.56 Å². The molecule has 4 heteroatoms. The Labute approximate surface area is 98.6 Å². The zero-order valence-electron chi connectivity index (χ0n) is 9.16. The normalized spacial score (nSPS) is 17.2. The summed E-state index contributed by atoms with van der Waals surface area (Å²) in [6, 6.07) is 7.58.